The van der Waals surface area contributed by atoms with E-state index in [9.17, 15) is 14.0 Å². The Kier molecular flexibility index (Phi) is 4.58. The van der Waals surface area contributed by atoms with E-state index in [-0.39, 0.29) is 23.7 Å². The number of benzene rings is 2. The smallest absolute Gasteiger partial charge is 0.272 e. The van der Waals surface area contributed by atoms with Gasteiger partial charge in [-0.3, -0.25) is 9.59 Å². The van der Waals surface area contributed by atoms with Crippen molar-refractivity contribution < 1.29 is 9.18 Å². The first-order chi connectivity index (χ1) is 13.1. The molecule has 1 aliphatic rings. The van der Waals surface area contributed by atoms with Crippen LogP contribution in [0.2, 0.25) is 0 Å². The predicted octanol–water partition coefficient (Wildman–Crippen LogP) is 1.95. The van der Waals surface area contributed by atoms with Crippen LogP contribution in [0.4, 0.5) is 10.1 Å². The van der Waals surface area contributed by atoms with Crippen LogP contribution in [0.3, 0.4) is 0 Å². The molecule has 0 spiro atoms. The number of H-pyrrole nitrogens is 1. The summed E-state index contributed by atoms with van der Waals surface area (Å²) in [6, 6.07) is 13.8. The molecule has 1 aliphatic heterocycles. The van der Waals surface area contributed by atoms with E-state index in [4.69, 9.17) is 0 Å². The number of anilines is 1. The highest BCUT2D eigenvalue weighted by Crippen LogP contribution is 2.20. The molecule has 1 N–H and O–H groups in total. The third-order valence-corrected chi connectivity index (χ3v) is 4.92. The number of para-hydroxylation sites is 1. The summed E-state index contributed by atoms with van der Waals surface area (Å²) in [6.07, 6.45) is 0.122. The normalized spacial score (nSPS) is 14.6. The maximum atomic E-state index is 13.9. The molecular formula is C20H19FN4O2. The first kappa shape index (κ1) is 17.2. The van der Waals surface area contributed by atoms with Gasteiger partial charge in [0.15, 0.2) is 0 Å². The number of halogens is 1. The summed E-state index contributed by atoms with van der Waals surface area (Å²) in [4.78, 5) is 28.3. The molecule has 6 nitrogen and oxygen atoms in total. The Balaban J connectivity index is 1.46. The lowest BCUT2D eigenvalue weighted by molar-refractivity contribution is -0.130. The second-order valence-electron chi connectivity index (χ2n) is 6.54. The first-order valence-electron chi connectivity index (χ1n) is 8.87. The zero-order valence-electron chi connectivity index (χ0n) is 14.7. The van der Waals surface area contributed by atoms with Crippen molar-refractivity contribution in [2.45, 2.75) is 6.42 Å². The molecule has 1 saturated heterocycles. The topological polar surface area (TPSA) is 69.3 Å². The molecule has 2 heterocycles. The summed E-state index contributed by atoms with van der Waals surface area (Å²) in [7, 11) is 0. The molecule has 27 heavy (non-hydrogen) atoms. The molecule has 0 radical (unpaired) electrons. The van der Waals surface area contributed by atoms with E-state index in [1.807, 2.05) is 17.0 Å². The van der Waals surface area contributed by atoms with Gasteiger partial charge in [0.05, 0.1) is 23.2 Å². The van der Waals surface area contributed by atoms with E-state index >= 15 is 0 Å². The van der Waals surface area contributed by atoms with Crippen molar-refractivity contribution in [1.82, 2.24) is 15.1 Å². The van der Waals surface area contributed by atoms with Crippen molar-refractivity contribution in [2.24, 2.45) is 0 Å². The predicted molar refractivity (Wildman–Crippen MR) is 101 cm³/mol. The standard InChI is InChI=1S/C20H19FN4O2/c21-16-7-3-4-8-18(16)24-9-11-25(12-10-24)19(26)13-17-14-5-1-2-6-15(14)20(27)23-22-17/h1-8H,9-13H2,(H,23,27). The lowest BCUT2D eigenvalue weighted by Crippen LogP contribution is -2.49. The fraction of sp³-hybridized carbons (Fsp3) is 0.250. The highest BCUT2D eigenvalue weighted by molar-refractivity contribution is 5.88. The average Bonchev–Trinajstić information content (AvgIpc) is 2.71. The summed E-state index contributed by atoms with van der Waals surface area (Å²) in [5.41, 5.74) is 0.866. The molecule has 0 unspecified atom stereocenters. The number of nitrogens with one attached hydrogen (secondary N) is 1. The van der Waals surface area contributed by atoms with Gasteiger partial charge in [-0.15, -0.1) is 0 Å². The summed E-state index contributed by atoms with van der Waals surface area (Å²) in [5.74, 6) is -0.297. The number of nitrogens with zero attached hydrogens (tertiary/aromatic N) is 3. The van der Waals surface area contributed by atoms with Gasteiger partial charge < -0.3 is 9.80 Å². The highest BCUT2D eigenvalue weighted by atomic mass is 19.1. The van der Waals surface area contributed by atoms with Crippen molar-refractivity contribution in [2.75, 3.05) is 31.1 Å². The van der Waals surface area contributed by atoms with Crippen LogP contribution >= 0.6 is 0 Å². The summed E-state index contributed by atoms with van der Waals surface area (Å²) < 4.78 is 13.9. The van der Waals surface area contributed by atoms with Gasteiger partial charge in [0.1, 0.15) is 5.82 Å². The third-order valence-electron chi connectivity index (χ3n) is 4.92. The molecule has 2 aromatic carbocycles. The number of fused-ring (bicyclic) bond motifs is 1. The molecule has 3 aromatic rings. The van der Waals surface area contributed by atoms with Crippen molar-refractivity contribution in [3.05, 3.63) is 70.4 Å². The van der Waals surface area contributed by atoms with Gasteiger partial charge in [0, 0.05) is 31.6 Å². The number of carbonyl (C=O) groups excluding carboxylic acids is 1. The monoisotopic (exact) mass is 366 g/mol. The number of rotatable bonds is 3. The molecular weight excluding hydrogens is 347 g/mol. The van der Waals surface area contributed by atoms with Crippen LogP contribution in [0.1, 0.15) is 5.69 Å². The molecule has 138 valence electrons. The van der Waals surface area contributed by atoms with E-state index in [1.54, 1.807) is 35.2 Å². The second-order valence-corrected chi connectivity index (χ2v) is 6.54. The van der Waals surface area contributed by atoms with Crippen LogP contribution in [-0.4, -0.2) is 47.2 Å². The zero-order valence-corrected chi connectivity index (χ0v) is 14.7. The van der Waals surface area contributed by atoms with Crippen LogP contribution < -0.4 is 10.5 Å². The number of piperazine rings is 1. The van der Waals surface area contributed by atoms with Gasteiger partial charge in [-0.05, 0) is 18.2 Å². The Bertz CT molecular complexity index is 1040. The van der Waals surface area contributed by atoms with Gasteiger partial charge in [-0.1, -0.05) is 30.3 Å². The largest absolute Gasteiger partial charge is 0.366 e. The van der Waals surface area contributed by atoms with E-state index in [1.165, 1.54) is 6.07 Å². The van der Waals surface area contributed by atoms with Crippen molar-refractivity contribution >= 4 is 22.4 Å². The number of aromatic nitrogens is 2. The maximum Gasteiger partial charge on any atom is 0.272 e. The Labute approximate surface area is 155 Å². The number of carbonyl (C=O) groups is 1. The third kappa shape index (κ3) is 3.40. The number of hydrogen-bond donors (Lipinski definition) is 1. The molecule has 1 fully saturated rings. The van der Waals surface area contributed by atoms with Crippen LogP contribution in [0, 0.1) is 5.82 Å². The summed E-state index contributed by atoms with van der Waals surface area (Å²) in [6.45, 7) is 2.20. The lowest BCUT2D eigenvalue weighted by Gasteiger charge is -2.36. The van der Waals surface area contributed by atoms with E-state index in [0.717, 1.165) is 0 Å². The Morgan fingerprint density at radius 1 is 1.00 bits per heavy atom. The highest BCUT2D eigenvalue weighted by Gasteiger charge is 2.23. The van der Waals surface area contributed by atoms with E-state index < -0.39 is 0 Å². The average molecular weight is 366 g/mol. The van der Waals surface area contributed by atoms with E-state index in [2.05, 4.69) is 10.2 Å². The minimum absolute atomic E-state index is 0.0483. The molecule has 7 heteroatoms. The van der Waals surface area contributed by atoms with Crippen molar-refractivity contribution in [3.8, 4) is 0 Å². The van der Waals surface area contributed by atoms with Gasteiger partial charge in [-0.25, -0.2) is 9.49 Å². The molecule has 1 amide bonds. The van der Waals surface area contributed by atoms with Gasteiger partial charge in [0.25, 0.3) is 5.56 Å². The molecule has 4 rings (SSSR count). The molecule has 0 aliphatic carbocycles. The van der Waals surface area contributed by atoms with Crippen molar-refractivity contribution in [3.63, 3.8) is 0 Å². The SMILES string of the molecule is O=C(Cc1n[nH]c(=O)c2ccccc12)N1CCN(c2ccccc2F)CC1. The molecule has 0 saturated carbocycles. The number of amides is 1. The van der Waals surface area contributed by atoms with Crippen molar-refractivity contribution in [1.29, 1.82) is 0 Å². The Morgan fingerprint density at radius 2 is 1.67 bits per heavy atom. The summed E-state index contributed by atoms with van der Waals surface area (Å²) >= 11 is 0. The molecule has 0 atom stereocenters. The maximum absolute atomic E-state index is 13.9. The zero-order chi connectivity index (χ0) is 18.8. The van der Waals surface area contributed by atoms with Gasteiger partial charge >= 0.3 is 0 Å². The van der Waals surface area contributed by atoms with Crippen LogP contribution in [0.5, 0.6) is 0 Å². The second kappa shape index (κ2) is 7.19. The quantitative estimate of drug-likeness (QED) is 0.769. The van der Waals surface area contributed by atoms with Crippen LogP contribution in [0.15, 0.2) is 53.3 Å². The van der Waals surface area contributed by atoms with Gasteiger partial charge in [-0.2, -0.15) is 5.10 Å². The Morgan fingerprint density at radius 3 is 2.41 bits per heavy atom. The number of hydrogen-bond acceptors (Lipinski definition) is 4. The fourth-order valence-electron chi connectivity index (χ4n) is 3.47. The Hall–Kier alpha value is -3.22. The minimum Gasteiger partial charge on any atom is -0.366 e. The molecule has 0 bridgehead atoms. The minimum atomic E-state index is -0.264. The molecule has 1 aromatic heterocycles. The van der Waals surface area contributed by atoms with E-state index in [0.29, 0.717) is 48.3 Å². The van der Waals surface area contributed by atoms with Gasteiger partial charge in [0.2, 0.25) is 5.91 Å². The van der Waals surface area contributed by atoms with Crippen LogP contribution in [-0.2, 0) is 11.2 Å². The fourth-order valence-corrected chi connectivity index (χ4v) is 3.47. The number of aromatic amines is 1. The van der Waals surface area contributed by atoms with Crippen LogP contribution in [0.25, 0.3) is 10.8 Å². The lowest BCUT2D eigenvalue weighted by atomic mass is 10.1. The summed E-state index contributed by atoms with van der Waals surface area (Å²) in [5, 5.41) is 7.75. The first-order valence-corrected chi connectivity index (χ1v) is 8.87.